The van der Waals surface area contributed by atoms with Crippen molar-refractivity contribution in [3.05, 3.63) is 70.8 Å². The molecule has 4 N–H and O–H groups in total. The van der Waals surface area contributed by atoms with E-state index in [1.54, 1.807) is 24.3 Å². The molecule has 174 valence electrons. The Labute approximate surface area is 193 Å². The number of nitrogens with one attached hydrogen (secondary N) is 3. The molecule has 3 rings (SSSR count). The average Bonchev–Trinajstić information content (AvgIpc) is 3.69. The summed E-state index contributed by atoms with van der Waals surface area (Å²) in [6, 6.07) is 15.9. The summed E-state index contributed by atoms with van der Waals surface area (Å²) in [5.74, 6) is -2.26. The molecule has 1 fully saturated rings. The van der Waals surface area contributed by atoms with Gasteiger partial charge in [-0.05, 0) is 48.6 Å². The van der Waals surface area contributed by atoms with E-state index in [4.69, 9.17) is 5.21 Å². The van der Waals surface area contributed by atoms with Crippen LogP contribution < -0.4 is 16.1 Å². The third kappa shape index (κ3) is 5.66. The molecule has 8 heteroatoms. The van der Waals surface area contributed by atoms with Gasteiger partial charge in [-0.3, -0.25) is 19.6 Å². The Morgan fingerprint density at radius 2 is 1.55 bits per heavy atom. The molecule has 1 aliphatic carbocycles. The van der Waals surface area contributed by atoms with Crippen molar-refractivity contribution >= 4 is 29.9 Å². The van der Waals surface area contributed by atoms with Gasteiger partial charge in [-0.2, -0.15) is 0 Å². The molecule has 1 saturated carbocycles. The summed E-state index contributed by atoms with van der Waals surface area (Å²) in [5.41, 5.74) is 3.08. The van der Waals surface area contributed by atoms with Crippen LogP contribution in [0.1, 0.15) is 46.8 Å². The molecule has 0 radical (unpaired) electrons. The maximum Gasteiger partial charge on any atom is 0.278 e. The van der Waals surface area contributed by atoms with Crippen LogP contribution in [0.3, 0.4) is 0 Å². The SMILES string of the molecule is CNC(=O)[C@@](C)(C(=O)NO)N(C)C(=O)c1ccc(C=Cc2ccc(CNC3CC3)cc2)cc1. The van der Waals surface area contributed by atoms with Crippen molar-refractivity contribution in [1.29, 1.82) is 0 Å². The quantitative estimate of drug-likeness (QED) is 0.203. The zero-order chi connectivity index (χ0) is 24.0. The molecule has 1 aliphatic rings. The van der Waals surface area contributed by atoms with Crippen molar-refractivity contribution in [1.82, 2.24) is 21.0 Å². The number of nitrogens with zero attached hydrogens (tertiary/aromatic N) is 1. The first-order valence-electron chi connectivity index (χ1n) is 10.8. The predicted molar refractivity (Wildman–Crippen MR) is 126 cm³/mol. The number of carbonyl (C=O) groups is 3. The van der Waals surface area contributed by atoms with Gasteiger partial charge in [0.15, 0.2) is 5.54 Å². The van der Waals surface area contributed by atoms with Crippen LogP contribution >= 0.6 is 0 Å². The zero-order valence-corrected chi connectivity index (χ0v) is 19.1. The minimum atomic E-state index is -1.92. The van der Waals surface area contributed by atoms with E-state index in [-0.39, 0.29) is 0 Å². The van der Waals surface area contributed by atoms with E-state index in [9.17, 15) is 14.4 Å². The molecule has 0 aromatic heterocycles. The molecule has 2 aromatic rings. The van der Waals surface area contributed by atoms with Gasteiger partial charge < -0.3 is 15.5 Å². The topological polar surface area (TPSA) is 111 Å². The van der Waals surface area contributed by atoms with Gasteiger partial charge in [-0.15, -0.1) is 0 Å². The molecule has 0 bridgehead atoms. The van der Waals surface area contributed by atoms with Gasteiger partial charge in [-0.25, -0.2) is 5.48 Å². The van der Waals surface area contributed by atoms with E-state index in [0.29, 0.717) is 11.6 Å². The summed E-state index contributed by atoms with van der Waals surface area (Å²) < 4.78 is 0. The maximum absolute atomic E-state index is 12.9. The molecule has 0 saturated heterocycles. The van der Waals surface area contributed by atoms with Crippen LogP contribution in [0, 0.1) is 0 Å². The normalized spacial score (nSPS) is 15.0. The van der Waals surface area contributed by atoms with Gasteiger partial charge in [0.1, 0.15) is 0 Å². The number of hydrogen-bond donors (Lipinski definition) is 4. The second kappa shape index (κ2) is 10.4. The first-order chi connectivity index (χ1) is 15.8. The molecule has 0 spiro atoms. The Kier molecular flexibility index (Phi) is 7.63. The van der Waals surface area contributed by atoms with E-state index in [2.05, 4.69) is 34.9 Å². The minimum Gasteiger partial charge on any atom is -0.357 e. The Bertz CT molecular complexity index is 1010. The third-order valence-electron chi connectivity index (χ3n) is 5.97. The highest BCUT2D eigenvalue weighted by Crippen LogP contribution is 2.20. The van der Waals surface area contributed by atoms with Crippen molar-refractivity contribution in [3.63, 3.8) is 0 Å². The largest absolute Gasteiger partial charge is 0.357 e. The Hall–Kier alpha value is -3.49. The van der Waals surface area contributed by atoms with Crippen LogP contribution in [0.5, 0.6) is 0 Å². The second-order valence-electron chi connectivity index (χ2n) is 8.31. The standard InChI is InChI=1S/C25H30N4O4/c1-25(23(31)26-2,24(32)28-33)29(3)22(30)20-12-10-18(11-13-20)5-4-17-6-8-19(9-7-17)16-27-21-14-15-21/h4-13,21,27,33H,14-16H2,1-3H3,(H,26,31)(H,28,32)/t25-/m0/s1. The molecule has 0 heterocycles. The summed E-state index contributed by atoms with van der Waals surface area (Å²) in [4.78, 5) is 38.3. The van der Waals surface area contributed by atoms with Crippen molar-refractivity contribution in [2.75, 3.05) is 14.1 Å². The van der Waals surface area contributed by atoms with Gasteiger partial charge in [0.05, 0.1) is 0 Å². The average molecular weight is 451 g/mol. The lowest BCUT2D eigenvalue weighted by Crippen LogP contribution is -2.64. The van der Waals surface area contributed by atoms with E-state index in [0.717, 1.165) is 22.6 Å². The lowest BCUT2D eigenvalue weighted by Gasteiger charge is -2.34. The predicted octanol–water partition coefficient (Wildman–Crippen LogP) is 2.19. The molecular formula is C25H30N4O4. The molecule has 3 amide bonds. The highest BCUT2D eigenvalue weighted by atomic mass is 16.5. The highest BCUT2D eigenvalue weighted by molar-refractivity contribution is 6.12. The number of likely N-dealkylation sites (N-methyl/N-ethyl adjacent to an activating group) is 2. The van der Waals surface area contributed by atoms with E-state index < -0.39 is 23.3 Å². The van der Waals surface area contributed by atoms with Crippen LogP contribution in [-0.2, 0) is 16.1 Å². The molecule has 0 aliphatic heterocycles. The van der Waals surface area contributed by atoms with E-state index in [1.165, 1.54) is 44.9 Å². The van der Waals surface area contributed by atoms with Gasteiger partial charge in [0, 0.05) is 32.2 Å². The number of rotatable bonds is 9. The van der Waals surface area contributed by atoms with E-state index >= 15 is 0 Å². The second-order valence-corrected chi connectivity index (χ2v) is 8.31. The van der Waals surface area contributed by atoms with E-state index in [1.807, 2.05) is 12.2 Å². The molecule has 33 heavy (non-hydrogen) atoms. The van der Waals surface area contributed by atoms with Crippen LogP contribution in [0.15, 0.2) is 48.5 Å². The highest BCUT2D eigenvalue weighted by Gasteiger charge is 2.47. The summed E-state index contributed by atoms with van der Waals surface area (Å²) in [6.07, 6.45) is 6.48. The third-order valence-corrected chi connectivity index (χ3v) is 5.97. The van der Waals surface area contributed by atoms with Crippen LogP contribution in [0.2, 0.25) is 0 Å². The Morgan fingerprint density at radius 1 is 1.00 bits per heavy atom. The fourth-order valence-corrected chi connectivity index (χ4v) is 3.38. The molecule has 1 atom stereocenters. The fourth-order valence-electron chi connectivity index (χ4n) is 3.38. The van der Waals surface area contributed by atoms with Gasteiger partial charge in [-0.1, -0.05) is 48.6 Å². The molecule has 2 aromatic carbocycles. The number of hydrogen-bond acceptors (Lipinski definition) is 5. The first kappa shape index (κ1) is 24.2. The Balaban J connectivity index is 1.66. The first-order valence-corrected chi connectivity index (χ1v) is 10.8. The van der Waals surface area contributed by atoms with Crippen molar-refractivity contribution in [2.45, 2.75) is 37.9 Å². The maximum atomic E-state index is 12.9. The number of carbonyl (C=O) groups excluding carboxylic acids is 3. The van der Waals surface area contributed by atoms with Crippen LogP contribution in [0.4, 0.5) is 0 Å². The smallest absolute Gasteiger partial charge is 0.278 e. The van der Waals surface area contributed by atoms with Gasteiger partial charge >= 0.3 is 0 Å². The Morgan fingerprint density at radius 3 is 2.03 bits per heavy atom. The summed E-state index contributed by atoms with van der Waals surface area (Å²) >= 11 is 0. The summed E-state index contributed by atoms with van der Waals surface area (Å²) in [5, 5.41) is 14.9. The van der Waals surface area contributed by atoms with Crippen LogP contribution in [-0.4, -0.2) is 53.5 Å². The summed E-state index contributed by atoms with van der Waals surface area (Å²) in [7, 11) is 2.69. The number of benzene rings is 2. The molecule has 8 nitrogen and oxygen atoms in total. The number of amides is 3. The van der Waals surface area contributed by atoms with Crippen LogP contribution in [0.25, 0.3) is 12.2 Å². The molecule has 0 unspecified atom stereocenters. The lowest BCUT2D eigenvalue weighted by molar-refractivity contribution is -0.148. The summed E-state index contributed by atoms with van der Waals surface area (Å²) in [6.45, 7) is 2.15. The molecular weight excluding hydrogens is 420 g/mol. The van der Waals surface area contributed by atoms with Crippen molar-refractivity contribution in [2.24, 2.45) is 0 Å². The van der Waals surface area contributed by atoms with Gasteiger partial charge in [0.2, 0.25) is 0 Å². The lowest BCUT2D eigenvalue weighted by atomic mass is 9.96. The van der Waals surface area contributed by atoms with Crippen molar-refractivity contribution in [3.8, 4) is 0 Å². The number of hydroxylamine groups is 1. The minimum absolute atomic E-state index is 0.308. The zero-order valence-electron chi connectivity index (χ0n) is 19.1. The van der Waals surface area contributed by atoms with Crippen molar-refractivity contribution < 1.29 is 19.6 Å². The monoisotopic (exact) mass is 450 g/mol. The fraction of sp³-hybridized carbons (Fsp3) is 0.320. The van der Waals surface area contributed by atoms with Gasteiger partial charge in [0.25, 0.3) is 17.7 Å².